The summed E-state index contributed by atoms with van der Waals surface area (Å²) in [7, 11) is 0. The first-order chi connectivity index (χ1) is 10.6. The molecule has 1 atom stereocenters. The summed E-state index contributed by atoms with van der Waals surface area (Å²) in [6.45, 7) is 4.37. The third-order valence-electron chi connectivity index (χ3n) is 3.39. The van der Waals surface area contributed by atoms with E-state index >= 15 is 0 Å². The molecule has 0 aromatic carbocycles. The van der Waals surface area contributed by atoms with Gasteiger partial charge in [0.2, 0.25) is 5.91 Å². The van der Waals surface area contributed by atoms with Crippen LogP contribution in [0, 0.1) is 5.92 Å². The van der Waals surface area contributed by atoms with E-state index in [1.165, 1.54) is 17.5 Å². The fourth-order valence-electron chi connectivity index (χ4n) is 2.33. The summed E-state index contributed by atoms with van der Waals surface area (Å²) in [5, 5.41) is 2.90. The van der Waals surface area contributed by atoms with Gasteiger partial charge in [0.05, 0.1) is 12.0 Å². The fraction of sp³-hybridized carbons (Fsp3) is 0.286. The Morgan fingerprint density at radius 1 is 1.62 bits per heavy atom. The number of hydrogen-bond donors (Lipinski definition) is 1. The van der Waals surface area contributed by atoms with Gasteiger partial charge >= 0.3 is 0 Å². The molecule has 0 bridgehead atoms. The highest BCUT2D eigenvalue weighted by Crippen LogP contribution is 2.24. The molecule has 2 amide bonds. The standard InChI is InChI=1S/C14H14N4O2S/c1-2-15-12(19)9-5-7-18(8-9)14(20)13-17-11-10(21-13)4-3-6-16-11/h2-4,6,9H,1,5,7-8H2,(H,15,19)/i6T. The number of pyridine rings is 1. The molecule has 21 heavy (non-hydrogen) atoms. The zero-order valence-corrected chi connectivity index (χ0v) is 12.0. The quantitative estimate of drug-likeness (QED) is 0.930. The fourth-order valence-corrected chi connectivity index (χ4v) is 3.20. The molecule has 1 N–H and O–H groups in total. The number of hydrogen-bond acceptors (Lipinski definition) is 5. The van der Waals surface area contributed by atoms with Gasteiger partial charge in [0.25, 0.3) is 5.91 Å². The van der Waals surface area contributed by atoms with E-state index in [1.807, 2.05) is 0 Å². The maximum Gasteiger partial charge on any atom is 0.282 e. The second-order valence-corrected chi connectivity index (χ2v) is 5.76. The van der Waals surface area contributed by atoms with Gasteiger partial charge in [-0.3, -0.25) is 9.59 Å². The summed E-state index contributed by atoms with van der Waals surface area (Å²) in [4.78, 5) is 34.1. The number of carbonyl (C=O) groups excluding carboxylic acids is 2. The Morgan fingerprint density at radius 2 is 2.48 bits per heavy atom. The van der Waals surface area contributed by atoms with Crippen molar-refractivity contribution in [2.75, 3.05) is 13.1 Å². The first kappa shape index (κ1) is 12.5. The highest BCUT2D eigenvalue weighted by atomic mass is 32.1. The number of nitrogens with zero attached hydrogens (tertiary/aromatic N) is 3. The number of fused-ring (bicyclic) bond motifs is 1. The lowest BCUT2D eigenvalue weighted by Crippen LogP contribution is -2.32. The van der Waals surface area contributed by atoms with Crippen molar-refractivity contribution in [3.05, 3.63) is 36.1 Å². The summed E-state index contributed by atoms with van der Waals surface area (Å²) in [6, 6.07) is 3.31. The molecule has 1 aliphatic rings. The molecule has 1 unspecified atom stereocenters. The van der Waals surface area contributed by atoms with Gasteiger partial charge in [-0.15, -0.1) is 11.3 Å². The van der Waals surface area contributed by atoms with Gasteiger partial charge in [-0.05, 0) is 24.8 Å². The Bertz CT molecular complexity index is 760. The number of aromatic nitrogens is 2. The van der Waals surface area contributed by atoms with Crippen LogP contribution in [0.4, 0.5) is 0 Å². The smallest absolute Gasteiger partial charge is 0.282 e. The van der Waals surface area contributed by atoms with Crippen LogP contribution in [0.1, 0.15) is 17.6 Å². The highest BCUT2D eigenvalue weighted by molar-refractivity contribution is 7.20. The summed E-state index contributed by atoms with van der Waals surface area (Å²) in [5.74, 6) is -0.521. The Hall–Kier alpha value is -2.28. The lowest BCUT2D eigenvalue weighted by molar-refractivity contribution is -0.123. The van der Waals surface area contributed by atoms with Crippen LogP contribution in [-0.4, -0.2) is 39.8 Å². The molecule has 0 aliphatic carbocycles. The average Bonchev–Trinajstić information content (AvgIpc) is 3.13. The zero-order chi connectivity index (χ0) is 15.7. The van der Waals surface area contributed by atoms with E-state index in [1.54, 1.807) is 17.0 Å². The molecule has 108 valence electrons. The summed E-state index contributed by atoms with van der Waals surface area (Å²) in [5.41, 5.74) is 0.418. The minimum atomic E-state index is -0.214. The Labute approximate surface area is 126 Å². The summed E-state index contributed by atoms with van der Waals surface area (Å²) < 4.78 is 8.26. The van der Waals surface area contributed by atoms with Crippen molar-refractivity contribution >= 4 is 33.5 Å². The maximum absolute atomic E-state index is 12.5. The maximum atomic E-state index is 12.5. The molecule has 1 saturated heterocycles. The zero-order valence-electron chi connectivity index (χ0n) is 12.2. The van der Waals surface area contributed by atoms with E-state index in [-0.39, 0.29) is 23.9 Å². The van der Waals surface area contributed by atoms with Crippen LogP contribution >= 0.6 is 11.3 Å². The van der Waals surface area contributed by atoms with Crippen LogP contribution in [-0.2, 0) is 4.79 Å². The molecule has 1 fully saturated rings. The summed E-state index contributed by atoms with van der Waals surface area (Å²) >= 11 is 1.26. The van der Waals surface area contributed by atoms with E-state index in [9.17, 15) is 9.59 Å². The van der Waals surface area contributed by atoms with Gasteiger partial charge in [-0.25, -0.2) is 9.97 Å². The van der Waals surface area contributed by atoms with Crippen molar-refractivity contribution in [2.45, 2.75) is 6.42 Å². The number of nitrogens with one attached hydrogen (secondary N) is 1. The molecule has 0 spiro atoms. The van der Waals surface area contributed by atoms with Crippen LogP contribution < -0.4 is 5.32 Å². The van der Waals surface area contributed by atoms with Crippen LogP contribution in [0.2, 0.25) is 0 Å². The molecule has 1 aliphatic heterocycles. The molecule has 2 aromatic rings. The second-order valence-electron chi connectivity index (χ2n) is 4.73. The van der Waals surface area contributed by atoms with Gasteiger partial charge in [-0.1, -0.05) is 6.58 Å². The Kier molecular flexibility index (Phi) is 3.33. The summed E-state index contributed by atoms with van der Waals surface area (Å²) in [6.07, 6.45) is 2.11. The number of carbonyl (C=O) groups is 2. The molecule has 3 heterocycles. The third kappa shape index (κ3) is 2.64. The van der Waals surface area contributed by atoms with Gasteiger partial charge < -0.3 is 10.2 Å². The van der Waals surface area contributed by atoms with Gasteiger partial charge in [0.15, 0.2) is 10.7 Å². The van der Waals surface area contributed by atoms with Gasteiger partial charge in [0, 0.05) is 19.3 Å². The van der Waals surface area contributed by atoms with Crippen molar-refractivity contribution in [3.63, 3.8) is 0 Å². The van der Waals surface area contributed by atoms with Gasteiger partial charge in [-0.2, -0.15) is 0 Å². The Morgan fingerprint density at radius 3 is 3.29 bits per heavy atom. The van der Waals surface area contributed by atoms with Crippen LogP contribution in [0.15, 0.2) is 31.1 Å². The van der Waals surface area contributed by atoms with Crippen LogP contribution in [0.5, 0.6) is 0 Å². The molecule has 0 saturated carbocycles. The molecule has 0 radical (unpaired) electrons. The van der Waals surface area contributed by atoms with Crippen molar-refractivity contribution < 1.29 is 11.0 Å². The molecule has 2 aromatic heterocycles. The van der Waals surface area contributed by atoms with Crippen LogP contribution in [0.3, 0.4) is 0 Å². The molecule has 7 heteroatoms. The molecular weight excluding hydrogens is 288 g/mol. The largest absolute Gasteiger partial charge is 0.336 e. The van der Waals surface area contributed by atoms with E-state index in [4.69, 9.17) is 1.37 Å². The molecular formula is C14H14N4O2S. The van der Waals surface area contributed by atoms with Crippen LogP contribution in [0.25, 0.3) is 10.3 Å². The van der Waals surface area contributed by atoms with E-state index < -0.39 is 0 Å². The minimum absolute atomic E-state index is 0.116. The van der Waals surface area contributed by atoms with Crippen molar-refractivity contribution in [1.82, 2.24) is 20.2 Å². The predicted octanol–water partition coefficient (Wildman–Crippen LogP) is 1.41. The third-order valence-corrected chi connectivity index (χ3v) is 4.39. The first-order valence-electron chi connectivity index (χ1n) is 7.03. The lowest BCUT2D eigenvalue weighted by atomic mass is 10.1. The SMILES string of the molecule is [3H]c1ccc2sc(C(=O)N3CCC(C(=O)NC=C)C3)nc2n1. The normalized spacial score (nSPS) is 18.6. The van der Waals surface area contributed by atoms with E-state index in [2.05, 4.69) is 21.9 Å². The average molecular weight is 304 g/mol. The lowest BCUT2D eigenvalue weighted by Gasteiger charge is -2.14. The number of thiazole rings is 1. The molecule has 6 nitrogen and oxygen atoms in total. The topological polar surface area (TPSA) is 75.2 Å². The second kappa shape index (κ2) is 5.61. The first-order valence-corrected chi connectivity index (χ1v) is 7.35. The van der Waals surface area contributed by atoms with E-state index in [0.717, 1.165) is 4.70 Å². The highest BCUT2D eigenvalue weighted by Gasteiger charge is 2.32. The van der Waals surface area contributed by atoms with Gasteiger partial charge in [0.1, 0.15) is 0 Å². The predicted molar refractivity (Wildman–Crippen MR) is 79.8 cm³/mol. The van der Waals surface area contributed by atoms with Crippen molar-refractivity contribution in [1.29, 1.82) is 0 Å². The monoisotopic (exact) mass is 304 g/mol. The van der Waals surface area contributed by atoms with Crippen molar-refractivity contribution in [2.24, 2.45) is 5.92 Å². The Balaban J connectivity index is 1.76. The number of likely N-dealkylation sites (tertiary alicyclic amines) is 1. The van der Waals surface area contributed by atoms with E-state index in [0.29, 0.717) is 30.2 Å². The number of rotatable bonds is 3. The molecule has 3 rings (SSSR count). The number of amides is 2. The van der Waals surface area contributed by atoms with Crippen molar-refractivity contribution in [3.8, 4) is 0 Å². The minimum Gasteiger partial charge on any atom is -0.336 e.